The first kappa shape index (κ1) is 13.0. The Labute approximate surface area is 98.5 Å². The largest absolute Gasteiger partial charge is 0.508 e. The number of hydrogen-bond donors (Lipinski definition) is 2. The molecule has 1 rings (SSSR count). The lowest BCUT2D eigenvalue weighted by molar-refractivity contribution is 0.365. The number of hydrogen-bond acceptors (Lipinski definition) is 2. The zero-order chi connectivity index (χ0) is 12.0. The Hall–Kier alpha value is -1.02. The van der Waals surface area contributed by atoms with Crippen LogP contribution in [0.1, 0.15) is 45.1 Å². The molecule has 0 saturated heterocycles. The van der Waals surface area contributed by atoms with Crippen molar-refractivity contribution >= 4 is 0 Å². The van der Waals surface area contributed by atoms with Gasteiger partial charge in [-0.3, -0.25) is 0 Å². The summed E-state index contributed by atoms with van der Waals surface area (Å²) in [6.45, 7) is 4.34. The lowest BCUT2D eigenvalue weighted by Gasteiger charge is -2.28. The molecule has 0 amide bonds. The molecule has 0 heterocycles. The van der Waals surface area contributed by atoms with E-state index in [4.69, 9.17) is 5.73 Å². The van der Waals surface area contributed by atoms with Crippen LogP contribution in [0.4, 0.5) is 0 Å². The summed E-state index contributed by atoms with van der Waals surface area (Å²) in [5, 5.41) is 9.22. The van der Waals surface area contributed by atoms with Crippen molar-refractivity contribution in [2.24, 2.45) is 5.73 Å². The minimum absolute atomic E-state index is 0.0903. The second-order valence-corrected chi connectivity index (χ2v) is 4.66. The molecule has 0 aromatic heterocycles. The molecule has 2 heteroatoms. The molecule has 90 valence electrons. The first-order valence-electron chi connectivity index (χ1n) is 6.16. The van der Waals surface area contributed by atoms with Crippen molar-refractivity contribution in [2.45, 2.75) is 51.5 Å². The highest BCUT2D eigenvalue weighted by Crippen LogP contribution is 2.22. The third kappa shape index (κ3) is 3.86. The molecule has 0 aliphatic carbocycles. The smallest absolute Gasteiger partial charge is 0.115 e. The maximum atomic E-state index is 9.22. The van der Waals surface area contributed by atoms with E-state index in [1.54, 1.807) is 12.1 Å². The van der Waals surface area contributed by atoms with Crippen LogP contribution in [-0.2, 0) is 6.42 Å². The van der Waals surface area contributed by atoms with Gasteiger partial charge >= 0.3 is 0 Å². The standard InChI is InChI=1S/C14H23NO/c1-3-5-10-14(15,4-2)11-12-6-8-13(16)9-7-12/h6-9,16H,3-5,10-11,15H2,1-2H3. The maximum absolute atomic E-state index is 9.22. The average Bonchev–Trinajstić information content (AvgIpc) is 2.30. The van der Waals surface area contributed by atoms with Crippen LogP contribution in [0.25, 0.3) is 0 Å². The molecular formula is C14H23NO. The fourth-order valence-corrected chi connectivity index (χ4v) is 1.94. The van der Waals surface area contributed by atoms with Crippen molar-refractivity contribution < 1.29 is 5.11 Å². The minimum Gasteiger partial charge on any atom is -0.508 e. The molecule has 0 fully saturated rings. The number of rotatable bonds is 6. The van der Waals surface area contributed by atoms with Gasteiger partial charge in [0, 0.05) is 5.54 Å². The number of aromatic hydroxyl groups is 1. The fraction of sp³-hybridized carbons (Fsp3) is 0.571. The Kier molecular flexibility index (Phi) is 4.81. The molecule has 1 aromatic rings. The van der Waals surface area contributed by atoms with Gasteiger partial charge in [-0.15, -0.1) is 0 Å². The summed E-state index contributed by atoms with van der Waals surface area (Å²) in [6, 6.07) is 7.37. The quantitative estimate of drug-likeness (QED) is 0.774. The third-order valence-corrected chi connectivity index (χ3v) is 3.22. The van der Waals surface area contributed by atoms with Crippen LogP contribution in [0.5, 0.6) is 5.75 Å². The normalized spacial score (nSPS) is 14.7. The Morgan fingerprint density at radius 3 is 2.31 bits per heavy atom. The van der Waals surface area contributed by atoms with Gasteiger partial charge in [0.2, 0.25) is 0 Å². The highest BCUT2D eigenvalue weighted by atomic mass is 16.3. The second kappa shape index (κ2) is 5.90. The van der Waals surface area contributed by atoms with E-state index >= 15 is 0 Å². The zero-order valence-electron chi connectivity index (χ0n) is 10.4. The van der Waals surface area contributed by atoms with Crippen LogP contribution in [0.15, 0.2) is 24.3 Å². The highest BCUT2D eigenvalue weighted by Gasteiger charge is 2.22. The van der Waals surface area contributed by atoms with Crippen molar-refractivity contribution in [2.75, 3.05) is 0 Å². The second-order valence-electron chi connectivity index (χ2n) is 4.66. The van der Waals surface area contributed by atoms with Crippen molar-refractivity contribution in [3.8, 4) is 5.75 Å². The maximum Gasteiger partial charge on any atom is 0.115 e. The predicted octanol–water partition coefficient (Wildman–Crippen LogP) is 3.23. The van der Waals surface area contributed by atoms with Gasteiger partial charge in [0.25, 0.3) is 0 Å². The molecule has 0 saturated carbocycles. The molecule has 1 atom stereocenters. The fourth-order valence-electron chi connectivity index (χ4n) is 1.94. The van der Waals surface area contributed by atoms with E-state index in [9.17, 15) is 5.11 Å². The molecule has 0 aliphatic rings. The van der Waals surface area contributed by atoms with Crippen LogP contribution in [0.2, 0.25) is 0 Å². The highest BCUT2D eigenvalue weighted by molar-refractivity contribution is 5.27. The van der Waals surface area contributed by atoms with E-state index in [1.807, 2.05) is 12.1 Å². The van der Waals surface area contributed by atoms with Crippen molar-refractivity contribution in [3.05, 3.63) is 29.8 Å². The molecule has 0 aliphatic heterocycles. The van der Waals surface area contributed by atoms with Gasteiger partial charge in [-0.25, -0.2) is 0 Å². The van der Waals surface area contributed by atoms with E-state index in [1.165, 1.54) is 18.4 Å². The molecule has 0 bridgehead atoms. The summed E-state index contributed by atoms with van der Waals surface area (Å²) in [7, 11) is 0. The first-order valence-corrected chi connectivity index (χ1v) is 6.16. The van der Waals surface area contributed by atoms with Gasteiger partial charge in [-0.2, -0.15) is 0 Å². The van der Waals surface area contributed by atoms with E-state index in [2.05, 4.69) is 13.8 Å². The van der Waals surface area contributed by atoms with Crippen LogP contribution < -0.4 is 5.73 Å². The van der Waals surface area contributed by atoms with E-state index in [0.717, 1.165) is 19.3 Å². The summed E-state index contributed by atoms with van der Waals surface area (Å²) in [6.07, 6.45) is 5.33. The Morgan fingerprint density at radius 2 is 1.81 bits per heavy atom. The molecule has 0 spiro atoms. The van der Waals surface area contributed by atoms with Crippen LogP contribution in [0, 0.1) is 0 Å². The minimum atomic E-state index is -0.0903. The van der Waals surface area contributed by atoms with Gasteiger partial charge in [-0.05, 0) is 37.0 Å². The Morgan fingerprint density at radius 1 is 1.19 bits per heavy atom. The number of benzene rings is 1. The number of phenols is 1. The van der Waals surface area contributed by atoms with E-state index in [-0.39, 0.29) is 5.54 Å². The number of nitrogens with two attached hydrogens (primary N) is 1. The summed E-state index contributed by atoms with van der Waals surface area (Å²) < 4.78 is 0. The lowest BCUT2D eigenvalue weighted by atomic mass is 9.84. The predicted molar refractivity (Wildman–Crippen MR) is 68.5 cm³/mol. The summed E-state index contributed by atoms with van der Waals surface area (Å²) in [5.41, 5.74) is 7.51. The third-order valence-electron chi connectivity index (χ3n) is 3.22. The molecule has 1 aromatic carbocycles. The molecule has 0 radical (unpaired) electrons. The van der Waals surface area contributed by atoms with Crippen LogP contribution >= 0.6 is 0 Å². The topological polar surface area (TPSA) is 46.2 Å². The summed E-state index contributed by atoms with van der Waals surface area (Å²) in [5.74, 6) is 0.316. The van der Waals surface area contributed by atoms with Crippen molar-refractivity contribution in [1.82, 2.24) is 0 Å². The molecule has 2 nitrogen and oxygen atoms in total. The van der Waals surface area contributed by atoms with Gasteiger partial charge in [-0.1, -0.05) is 38.8 Å². The van der Waals surface area contributed by atoms with E-state index in [0.29, 0.717) is 5.75 Å². The van der Waals surface area contributed by atoms with Crippen molar-refractivity contribution in [1.29, 1.82) is 0 Å². The van der Waals surface area contributed by atoms with Crippen LogP contribution in [-0.4, -0.2) is 10.6 Å². The van der Waals surface area contributed by atoms with E-state index < -0.39 is 0 Å². The first-order chi connectivity index (χ1) is 7.59. The number of unbranched alkanes of at least 4 members (excludes halogenated alkanes) is 1. The molecule has 1 unspecified atom stereocenters. The van der Waals surface area contributed by atoms with Gasteiger partial charge in [0.15, 0.2) is 0 Å². The van der Waals surface area contributed by atoms with Crippen LogP contribution in [0.3, 0.4) is 0 Å². The number of phenolic OH excluding ortho intramolecular Hbond substituents is 1. The monoisotopic (exact) mass is 221 g/mol. The Bertz CT molecular complexity index is 307. The Balaban J connectivity index is 2.64. The van der Waals surface area contributed by atoms with Crippen molar-refractivity contribution in [3.63, 3.8) is 0 Å². The summed E-state index contributed by atoms with van der Waals surface area (Å²) >= 11 is 0. The van der Waals surface area contributed by atoms with Gasteiger partial charge in [0.1, 0.15) is 5.75 Å². The average molecular weight is 221 g/mol. The van der Waals surface area contributed by atoms with Gasteiger partial charge in [0.05, 0.1) is 0 Å². The molecule has 16 heavy (non-hydrogen) atoms. The van der Waals surface area contributed by atoms with Gasteiger partial charge < -0.3 is 10.8 Å². The molecule has 3 N–H and O–H groups in total. The zero-order valence-corrected chi connectivity index (χ0v) is 10.4. The summed E-state index contributed by atoms with van der Waals surface area (Å²) in [4.78, 5) is 0. The lowest BCUT2D eigenvalue weighted by Crippen LogP contribution is -2.41. The SMILES string of the molecule is CCCCC(N)(CC)Cc1ccc(O)cc1. The molecular weight excluding hydrogens is 198 g/mol.